The summed E-state index contributed by atoms with van der Waals surface area (Å²) in [6.45, 7) is 3.86. The summed E-state index contributed by atoms with van der Waals surface area (Å²) in [5, 5.41) is 3.38. The Bertz CT molecular complexity index is 347. The summed E-state index contributed by atoms with van der Waals surface area (Å²) >= 11 is 9.29. The molecule has 15 heavy (non-hydrogen) atoms. The Morgan fingerprint density at radius 2 is 2.27 bits per heavy atom. The molecule has 1 rings (SSSR count). The molecule has 0 aliphatic heterocycles. The molecule has 0 bridgehead atoms. The number of hydrogen-bond donors (Lipinski definition) is 1. The predicted octanol–water partition coefficient (Wildman–Crippen LogP) is 3.76. The van der Waals surface area contributed by atoms with Crippen LogP contribution in [0, 0.1) is 6.92 Å². The molecular weight excluding hydrogens is 277 g/mol. The average molecular weight is 291 g/mol. The fourth-order valence-electron chi connectivity index (χ4n) is 1.18. The molecule has 0 aliphatic rings. The summed E-state index contributed by atoms with van der Waals surface area (Å²) < 4.78 is 0. The molecule has 1 atom stereocenters. The standard InChI is InChI=1S/C11H13BrClNO/c1-3-8(12)11(15)14-10-7(2)5-4-6-9(10)13/h4-6,8H,3H2,1-2H3,(H,14,15)/t8-/m1/s1. The van der Waals surface area contributed by atoms with Gasteiger partial charge in [0, 0.05) is 0 Å². The van der Waals surface area contributed by atoms with Gasteiger partial charge in [0.25, 0.3) is 0 Å². The van der Waals surface area contributed by atoms with Crippen LogP contribution in [0.3, 0.4) is 0 Å². The van der Waals surface area contributed by atoms with E-state index in [4.69, 9.17) is 11.6 Å². The molecule has 0 aromatic heterocycles. The van der Waals surface area contributed by atoms with Crippen molar-refractivity contribution in [2.75, 3.05) is 5.32 Å². The zero-order valence-corrected chi connectivity index (χ0v) is 11.0. The number of anilines is 1. The molecule has 0 saturated carbocycles. The zero-order valence-electron chi connectivity index (χ0n) is 8.68. The van der Waals surface area contributed by atoms with Gasteiger partial charge in [0.15, 0.2) is 0 Å². The van der Waals surface area contributed by atoms with E-state index >= 15 is 0 Å². The van der Waals surface area contributed by atoms with Gasteiger partial charge in [0.2, 0.25) is 5.91 Å². The lowest BCUT2D eigenvalue weighted by molar-refractivity contribution is -0.115. The molecule has 0 radical (unpaired) electrons. The highest BCUT2D eigenvalue weighted by molar-refractivity contribution is 9.10. The maximum Gasteiger partial charge on any atom is 0.238 e. The smallest absolute Gasteiger partial charge is 0.238 e. The molecule has 82 valence electrons. The first-order valence-electron chi connectivity index (χ1n) is 4.76. The highest BCUT2D eigenvalue weighted by Crippen LogP contribution is 2.25. The Hall–Kier alpha value is -0.540. The van der Waals surface area contributed by atoms with Gasteiger partial charge >= 0.3 is 0 Å². The molecular formula is C11H13BrClNO. The summed E-state index contributed by atoms with van der Waals surface area (Å²) in [6, 6.07) is 5.54. The summed E-state index contributed by atoms with van der Waals surface area (Å²) in [4.78, 5) is 11.5. The number of halogens is 2. The molecule has 0 fully saturated rings. The van der Waals surface area contributed by atoms with E-state index in [1.807, 2.05) is 26.0 Å². The number of benzene rings is 1. The summed E-state index contributed by atoms with van der Waals surface area (Å²) in [5.41, 5.74) is 1.66. The van der Waals surface area contributed by atoms with Crippen molar-refractivity contribution in [2.45, 2.75) is 25.1 Å². The van der Waals surface area contributed by atoms with Crippen LogP contribution in [0.1, 0.15) is 18.9 Å². The normalized spacial score (nSPS) is 12.3. The fourth-order valence-corrected chi connectivity index (χ4v) is 1.56. The zero-order chi connectivity index (χ0) is 11.4. The van der Waals surface area contributed by atoms with Crippen molar-refractivity contribution in [3.05, 3.63) is 28.8 Å². The van der Waals surface area contributed by atoms with Crippen molar-refractivity contribution >= 4 is 39.1 Å². The third-order valence-electron chi connectivity index (χ3n) is 2.11. The number of rotatable bonds is 3. The second kappa shape index (κ2) is 5.52. The van der Waals surface area contributed by atoms with Crippen molar-refractivity contribution in [1.29, 1.82) is 0 Å². The lowest BCUT2D eigenvalue weighted by Crippen LogP contribution is -2.22. The molecule has 0 saturated heterocycles. The minimum atomic E-state index is -0.173. The van der Waals surface area contributed by atoms with Crippen molar-refractivity contribution < 1.29 is 4.79 Å². The van der Waals surface area contributed by atoms with E-state index in [0.29, 0.717) is 10.7 Å². The highest BCUT2D eigenvalue weighted by Gasteiger charge is 2.14. The number of alkyl halides is 1. The lowest BCUT2D eigenvalue weighted by atomic mass is 10.2. The topological polar surface area (TPSA) is 29.1 Å². The van der Waals surface area contributed by atoms with E-state index in [9.17, 15) is 4.79 Å². The fraction of sp³-hybridized carbons (Fsp3) is 0.364. The van der Waals surface area contributed by atoms with E-state index in [0.717, 1.165) is 12.0 Å². The van der Waals surface area contributed by atoms with Gasteiger partial charge in [0.1, 0.15) is 0 Å². The molecule has 0 heterocycles. The number of hydrogen-bond acceptors (Lipinski definition) is 1. The van der Waals surface area contributed by atoms with Gasteiger partial charge in [0.05, 0.1) is 15.5 Å². The van der Waals surface area contributed by atoms with E-state index in [1.165, 1.54) is 0 Å². The largest absolute Gasteiger partial charge is 0.324 e. The van der Waals surface area contributed by atoms with Crippen molar-refractivity contribution in [3.8, 4) is 0 Å². The van der Waals surface area contributed by atoms with Crippen LogP contribution in [-0.4, -0.2) is 10.7 Å². The molecule has 1 aromatic rings. The number of carbonyl (C=O) groups is 1. The number of amides is 1. The second-order valence-corrected chi connectivity index (χ2v) is 4.81. The van der Waals surface area contributed by atoms with Crippen LogP contribution >= 0.6 is 27.5 Å². The van der Waals surface area contributed by atoms with Gasteiger partial charge in [-0.3, -0.25) is 4.79 Å². The summed E-state index contributed by atoms with van der Waals surface area (Å²) in [6.07, 6.45) is 0.745. The Balaban J connectivity index is 2.85. The maximum atomic E-state index is 11.6. The van der Waals surface area contributed by atoms with Gasteiger partial charge in [-0.15, -0.1) is 0 Å². The first-order chi connectivity index (χ1) is 7.06. The second-order valence-electron chi connectivity index (χ2n) is 3.30. The molecule has 1 amide bonds. The lowest BCUT2D eigenvalue weighted by Gasteiger charge is -2.12. The van der Waals surface area contributed by atoms with Crippen LogP contribution in [-0.2, 0) is 4.79 Å². The minimum absolute atomic E-state index is 0.0614. The Kier molecular flexibility index (Phi) is 4.61. The summed E-state index contributed by atoms with van der Waals surface area (Å²) in [7, 11) is 0. The highest BCUT2D eigenvalue weighted by atomic mass is 79.9. The Labute approximate surface area is 103 Å². The molecule has 4 heteroatoms. The van der Waals surface area contributed by atoms with E-state index in [2.05, 4.69) is 21.2 Å². The molecule has 1 N–H and O–H groups in total. The quantitative estimate of drug-likeness (QED) is 0.844. The average Bonchev–Trinajstić information content (AvgIpc) is 2.22. The Morgan fingerprint density at radius 3 is 2.80 bits per heavy atom. The van der Waals surface area contributed by atoms with Crippen LogP contribution in [0.15, 0.2) is 18.2 Å². The van der Waals surface area contributed by atoms with Crippen LogP contribution in [0.25, 0.3) is 0 Å². The van der Waals surface area contributed by atoms with E-state index in [1.54, 1.807) is 6.07 Å². The number of aryl methyl sites for hydroxylation is 1. The first kappa shape index (κ1) is 12.5. The van der Waals surface area contributed by atoms with Crippen LogP contribution in [0.2, 0.25) is 5.02 Å². The Morgan fingerprint density at radius 1 is 1.60 bits per heavy atom. The van der Waals surface area contributed by atoms with Gasteiger partial charge in [-0.1, -0.05) is 46.6 Å². The molecule has 0 aliphatic carbocycles. The van der Waals surface area contributed by atoms with Crippen LogP contribution in [0.4, 0.5) is 5.69 Å². The van der Waals surface area contributed by atoms with Crippen molar-refractivity contribution in [3.63, 3.8) is 0 Å². The predicted molar refractivity (Wildman–Crippen MR) is 67.8 cm³/mol. The third kappa shape index (κ3) is 3.21. The van der Waals surface area contributed by atoms with E-state index in [-0.39, 0.29) is 10.7 Å². The minimum Gasteiger partial charge on any atom is -0.324 e. The molecule has 1 aromatic carbocycles. The monoisotopic (exact) mass is 289 g/mol. The van der Waals surface area contributed by atoms with Crippen LogP contribution < -0.4 is 5.32 Å². The molecule has 0 unspecified atom stereocenters. The number of para-hydroxylation sites is 1. The SMILES string of the molecule is CC[C@@H](Br)C(=O)Nc1c(C)cccc1Cl. The van der Waals surface area contributed by atoms with Gasteiger partial charge < -0.3 is 5.32 Å². The summed E-state index contributed by atoms with van der Waals surface area (Å²) in [5.74, 6) is -0.0614. The number of carbonyl (C=O) groups excluding carboxylic acids is 1. The third-order valence-corrected chi connectivity index (χ3v) is 3.49. The molecule has 0 spiro atoms. The van der Waals surface area contributed by atoms with Crippen LogP contribution in [0.5, 0.6) is 0 Å². The molecule has 2 nitrogen and oxygen atoms in total. The van der Waals surface area contributed by atoms with Gasteiger partial charge in [-0.05, 0) is 25.0 Å². The van der Waals surface area contributed by atoms with Crippen molar-refractivity contribution in [1.82, 2.24) is 0 Å². The first-order valence-corrected chi connectivity index (χ1v) is 6.05. The van der Waals surface area contributed by atoms with Gasteiger partial charge in [-0.2, -0.15) is 0 Å². The van der Waals surface area contributed by atoms with E-state index < -0.39 is 0 Å². The maximum absolute atomic E-state index is 11.6. The number of nitrogens with one attached hydrogen (secondary N) is 1. The van der Waals surface area contributed by atoms with Crippen molar-refractivity contribution in [2.24, 2.45) is 0 Å². The van der Waals surface area contributed by atoms with Gasteiger partial charge in [-0.25, -0.2) is 0 Å².